The summed E-state index contributed by atoms with van der Waals surface area (Å²) in [5.41, 5.74) is 2.22. The first-order chi connectivity index (χ1) is 12.5. The first-order valence-electron chi connectivity index (χ1n) is 8.25. The van der Waals surface area contributed by atoms with E-state index in [0.717, 1.165) is 22.2 Å². The number of hydrogen-bond acceptors (Lipinski definition) is 4. The Kier molecular flexibility index (Phi) is 5.02. The average Bonchev–Trinajstić information content (AvgIpc) is 3.10. The van der Waals surface area contributed by atoms with Crippen LogP contribution >= 0.6 is 0 Å². The fourth-order valence-corrected chi connectivity index (χ4v) is 2.88. The lowest BCUT2D eigenvalue weighted by atomic mass is 10.1. The van der Waals surface area contributed by atoms with Crippen molar-refractivity contribution in [3.05, 3.63) is 53.7 Å². The summed E-state index contributed by atoms with van der Waals surface area (Å²) in [4.78, 5) is 15.8. The molecule has 0 spiro atoms. The van der Waals surface area contributed by atoms with Gasteiger partial charge in [-0.25, -0.2) is 0 Å². The van der Waals surface area contributed by atoms with E-state index in [-0.39, 0.29) is 11.9 Å². The van der Waals surface area contributed by atoms with Gasteiger partial charge >= 0.3 is 0 Å². The number of ether oxygens (including phenoxy) is 3. The van der Waals surface area contributed by atoms with Crippen molar-refractivity contribution in [1.82, 2.24) is 10.3 Å². The maximum atomic E-state index is 12.6. The van der Waals surface area contributed by atoms with Gasteiger partial charge in [0.2, 0.25) is 0 Å². The quantitative estimate of drug-likeness (QED) is 0.708. The van der Waals surface area contributed by atoms with E-state index in [2.05, 4.69) is 10.3 Å². The lowest BCUT2D eigenvalue weighted by Crippen LogP contribution is -2.27. The third-order valence-corrected chi connectivity index (χ3v) is 4.33. The van der Waals surface area contributed by atoms with Crippen LogP contribution in [0.15, 0.2) is 42.5 Å². The molecule has 136 valence electrons. The maximum Gasteiger partial charge on any atom is 0.268 e. The lowest BCUT2D eigenvalue weighted by molar-refractivity contribution is 0.0935. The molecule has 0 unspecified atom stereocenters. The van der Waals surface area contributed by atoms with Crippen LogP contribution in [-0.4, -0.2) is 32.2 Å². The SMILES string of the molecule is COc1ccc([C@@H](C)NC(=O)c2cc3ccc(OC)cc3[nH]2)c(OC)c1. The van der Waals surface area contributed by atoms with Crippen molar-refractivity contribution in [2.24, 2.45) is 0 Å². The Hall–Kier alpha value is -3.15. The zero-order valence-electron chi connectivity index (χ0n) is 15.3. The van der Waals surface area contributed by atoms with E-state index in [1.54, 1.807) is 27.4 Å². The normalized spacial score (nSPS) is 11.8. The fourth-order valence-electron chi connectivity index (χ4n) is 2.88. The number of aromatic amines is 1. The second-order valence-electron chi connectivity index (χ2n) is 5.94. The Labute approximate surface area is 152 Å². The highest BCUT2D eigenvalue weighted by Crippen LogP contribution is 2.29. The molecule has 0 aliphatic heterocycles. The van der Waals surface area contributed by atoms with Gasteiger partial charge in [0, 0.05) is 28.6 Å². The third-order valence-electron chi connectivity index (χ3n) is 4.33. The van der Waals surface area contributed by atoms with Crippen molar-refractivity contribution in [2.45, 2.75) is 13.0 Å². The van der Waals surface area contributed by atoms with E-state index in [1.807, 2.05) is 43.3 Å². The predicted octanol–water partition coefficient (Wildman–Crippen LogP) is 3.68. The molecule has 2 aromatic carbocycles. The minimum absolute atomic E-state index is 0.189. The Morgan fingerprint density at radius 1 is 0.962 bits per heavy atom. The van der Waals surface area contributed by atoms with E-state index >= 15 is 0 Å². The molecule has 1 amide bonds. The Morgan fingerprint density at radius 2 is 1.65 bits per heavy atom. The number of fused-ring (bicyclic) bond motifs is 1. The summed E-state index contributed by atoms with van der Waals surface area (Å²) in [6, 6.07) is 12.8. The molecular formula is C20H22N2O4. The molecule has 0 bridgehead atoms. The molecule has 1 heterocycles. The number of hydrogen-bond donors (Lipinski definition) is 2. The predicted molar refractivity (Wildman–Crippen MR) is 100 cm³/mol. The molecule has 0 aliphatic rings. The van der Waals surface area contributed by atoms with Crippen molar-refractivity contribution in [3.8, 4) is 17.2 Å². The maximum absolute atomic E-state index is 12.6. The van der Waals surface area contributed by atoms with Crippen LogP contribution in [0.2, 0.25) is 0 Å². The molecular weight excluding hydrogens is 332 g/mol. The number of nitrogens with one attached hydrogen (secondary N) is 2. The number of benzene rings is 2. The van der Waals surface area contributed by atoms with Crippen molar-refractivity contribution in [3.63, 3.8) is 0 Å². The summed E-state index contributed by atoms with van der Waals surface area (Å²) in [5.74, 6) is 1.92. The highest BCUT2D eigenvalue weighted by atomic mass is 16.5. The van der Waals surface area contributed by atoms with Gasteiger partial charge in [0.05, 0.1) is 27.4 Å². The molecule has 6 heteroatoms. The summed E-state index contributed by atoms with van der Waals surface area (Å²) in [7, 11) is 4.81. The molecule has 0 aliphatic carbocycles. The zero-order valence-corrected chi connectivity index (χ0v) is 15.3. The van der Waals surface area contributed by atoms with Gasteiger partial charge in [-0.2, -0.15) is 0 Å². The van der Waals surface area contributed by atoms with Crippen molar-refractivity contribution >= 4 is 16.8 Å². The molecule has 26 heavy (non-hydrogen) atoms. The monoisotopic (exact) mass is 354 g/mol. The van der Waals surface area contributed by atoms with Gasteiger partial charge in [-0.15, -0.1) is 0 Å². The zero-order chi connectivity index (χ0) is 18.7. The lowest BCUT2D eigenvalue weighted by Gasteiger charge is -2.17. The Bertz CT molecular complexity index is 933. The van der Waals surface area contributed by atoms with E-state index in [0.29, 0.717) is 17.2 Å². The number of carbonyl (C=O) groups is 1. The van der Waals surface area contributed by atoms with E-state index in [4.69, 9.17) is 14.2 Å². The summed E-state index contributed by atoms with van der Waals surface area (Å²) in [5, 5.41) is 3.94. The summed E-state index contributed by atoms with van der Waals surface area (Å²) in [6.07, 6.45) is 0. The van der Waals surface area contributed by atoms with Gasteiger partial charge in [0.15, 0.2) is 0 Å². The van der Waals surface area contributed by atoms with Crippen LogP contribution in [0.5, 0.6) is 17.2 Å². The largest absolute Gasteiger partial charge is 0.497 e. The summed E-state index contributed by atoms with van der Waals surface area (Å²) >= 11 is 0. The van der Waals surface area contributed by atoms with Gasteiger partial charge in [-0.05, 0) is 37.3 Å². The second kappa shape index (κ2) is 7.39. The van der Waals surface area contributed by atoms with Crippen molar-refractivity contribution in [1.29, 1.82) is 0 Å². The van der Waals surface area contributed by atoms with E-state index in [9.17, 15) is 4.79 Å². The highest BCUT2D eigenvalue weighted by molar-refractivity contribution is 5.98. The molecule has 3 aromatic rings. The first-order valence-corrected chi connectivity index (χ1v) is 8.25. The molecule has 0 fully saturated rings. The Balaban J connectivity index is 1.81. The molecule has 0 saturated carbocycles. The van der Waals surface area contributed by atoms with Gasteiger partial charge in [-0.1, -0.05) is 0 Å². The number of rotatable bonds is 6. The van der Waals surface area contributed by atoms with Gasteiger partial charge < -0.3 is 24.5 Å². The van der Waals surface area contributed by atoms with E-state index in [1.165, 1.54) is 0 Å². The summed E-state index contributed by atoms with van der Waals surface area (Å²) < 4.78 is 15.8. The van der Waals surface area contributed by atoms with Crippen LogP contribution in [0.3, 0.4) is 0 Å². The number of methoxy groups -OCH3 is 3. The Morgan fingerprint density at radius 3 is 2.35 bits per heavy atom. The number of aromatic nitrogens is 1. The van der Waals surface area contributed by atoms with Crippen molar-refractivity contribution in [2.75, 3.05) is 21.3 Å². The fraction of sp³-hybridized carbons (Fsp3) is 0.250. The van der Waals surface area contributed by atoms with Crippen LogP contribution in [0.25, 0.3) is 10.9 Å². The van der Waals surface area contributed by atoms with E-state index < -0.39 is 0 Å². The minimum atomic E-state index is -0.232. The smallest absolute Gasteiger partial charge is 0.268 e. The number of amides is 1. The molecule has 1 aromatic heterocycles. The first kappa shape index (κ1) is 17.7. The van der Waals surface area contributed by atoms with Crippen LogP contribution in [0.1, 0.15) is 29.0 Å². The van der Waals surface area contributed by atoms with Crippen LogP contribution in [0.4, 0.5) is 0 Å². The molecule has 0 radical (unpaired) electrons. The number of H-pyrrole nitrogens is 1. The topological polar surface area (TPSA) is 72.6 Å². The summed E-state index contributed by atoms with van der Waals surface area (Å²) in [6.45, 7) is 1.91. The molecule has 3 rings (SSSR count). The van der Waals surface area contributed by atoms with Gasteiger partial charge in [-0.3, -0.25) is 4.79 Å². The minimum Gasteiger partial charge on any atom is -0.497 e. The van der Waals surface area contributed by atoms with Gasteiger partial charge in [0.1, 0.15) is 22.9 Å². The van der Waals surface area contributed by atoms with Crippen LogP contribution in [-0.2, 0) is 0 Å². The molecule has 0 saturated heterocycles. The van der Waals surface area contributed by atoms with Gasteiger partial charge in [0.25, 0.3) is 5.91 Å². The van der Waals surface area contributed by atoms with Crippen molar-refractivity contribution < 1.29 is 19.0 Å². The number of carbonyl (C=O) groups excluding carboxylic acids is 1. The average molecular weight is 354 g/mol. The standard InChI is InChI=1S/C20H22N2O4/c1-12(16-8-7-15(25-3)11-19(16)26-4)21-20(23)18-9-13-5-6-14(24-2)10-17(13)22-18/h5-12,22H,1-4H3,(H,21,23)/t12-/m1/s1. The van der Waals surface area contributed by atoms with Crippen LogP contribution < -0.4 is 19.5 Å². The third kappa shape index (κ3) is 3.44. The molecule has 2 N–H and O–H groups in total. The van der Waals surface area contributed by atoms with Crippen LogP contribution in [0, 0.1) is 0 Å². The molecule has 1 atom stereocenters. The second-order valence-corrected chi connectivity index (χ2v) is 5.94. The highest BCUT2D eigenvalue weighted by Gasteiger charge is 2.17. The molecule has 6 nitrogen and oxygen atoms in total.